The lowest BCUT2D eigenvalue weighted by Gasteiger charge is -2.25. The van der Waals surface area contributed by atoms with Gasteiger partial charge in [-0.2, -0.15) is 0 Å². The third-order valence-corrected chi connectivity index (χ3v) is 6.55. The van der Waals surface area contributed by atoms with Crippen LogP contribution in [0, 0.1) is 0 Å². The van der Waals surface area contributed by atoms with Crippen LogP contribution in [0.1, 0.15) is 31.2 Å². The fourth-order valence-corrected chi connectivity index (χ4v) is 4.88. The second kappa shape index (κ2) is 9.34. The van der Waals surface area contributed by atoms with Crippen LogP contribution in [0.3, 0.4) is 0 Å². The normalized spacial score (nSPS) is 15.7. The number of aromatic nitrogens is 1. The van der Waals surface area contributed by atoms with Crippen LogP contribution in [0.15, 0.2) is 61.9 Å². The molecule has 0 N–H and O–H groups in total. The first-order valence-electron chi connectivity index (χ1n) is 11.0. The first-order valence-corrected chi connectivity index (χ1v) is 11.8. The zero-order chi connectivity index (χ0) is 24.6. The largest absolute Gasteiger partial charge is 0.463 e. The number of ether oxygens (including phenoxy) is 1. The van der Waals surface area contributed by atoms with E-state index in [-0.39, 0.29) is 12.2 Å². The van der Waals surface area contributed by atoms with Gasteiger partial charge in [0.25, 0.3) is 5.56 Å². The smallest absolute Gasteiger partial charge is 0.338 e. The number of rotatable bonds is 6. The number of carbonyl (C=O) groups excluding carboxylic acids is 1. The van der Waals surface area contributed by atoms with Gasteiger partial charge in [-0.3, -0.25) is 9.36 Å². The third kappa shape index (κ3) is 4.31. The summed E-state index contributed by atoms with van der Waals surface area (Å²) in [5.74, 6) is 0.793. The number of allylic oxidation sites excluding steroid dienone is 1. The van der Waals surface area contributed by atoms with Crippen LogP contribution < -0.4 is 24.7 Å². The van der Waals surface area contributed by atoms with Gasteiger partial charge in [0.15, 0.2) is 10.7 Å². The lowest BCUT2D eigenvalue weighted by atomic mass is 9.95. The van der Waals surface area contributed by atoms with Crippen molar-refractivity contribution in [2.24, 2.45) is 4.99 Å². The minimum atomic E-state index is -0.636. The highest BCUT2D eigenvalue weighted by Crippen LogP contribution is 2.31. The van der Waals surface area contributed by atoms with Gasteiger partial charge < -0.3 is 19.0 Å². The lowest BCUT2D eigenvalue weighted by molar-refractivity contribution is -0.139. The Kier molecular flexibility index (Phi) is 6.47. The highest BCUT2D eigenvalue weighted by Gasteiger charge is 2.33. The Morgan fingerprint density at radius 1 is 1.15 bits per heavy atom. The van der Waals surface area contributed by atoms with Crippen molar-refractivity contribution in [3.63, 3.8) is 0 Å². The number of hydrogen-bond acceptors (Lipinski definition) is 8. The molecule has 0 unspecified atom stereocenters. The molecule has 34 heavy (non-hydrogen) atoms. The van der Waals surface area contributed by atoms with Crippen molar-refractivity contribution >= 4 is 35.0 Å². The highest BCUT2D eigenvalue weighted by molar-refractivity contribution is 7.07. The molecule has 4 rings (SSSR count). The second-order valence-electron chi connectivity index (χ2n) is 8.36. The van der Waals surface area contributed by atoms with Gasteiger partial charge in [-0.05, 0) is 37.6 Å². The number of furan rings is 1. The van der Waals surface area contributed by atoms with E-state index in [0.717, 1.165) is 11.3 Å². The number of fused-ring (bicyclic) bond motifs is 1. The summed E-state index contributed by atoms with van der Waals surface area (Å²) in [6, 6.07) is 10.8. The molecule has 1 aromatic carbocycles. The van der Waals surface area contributed by atoms with Gasteiger partial charge in [-0.1, -0.05) is 23.5 Å². The van der Waals surface area contributed by atoms with Gasteiger partial charge in [0.2, 0.25) is 0 Å². The molecule has 0 spiro atoms. The third-order valence-electron chi connectivity index (χ3n) is 5.57. The maximum Gasteiger partial charge on any atom is 0.338 e. The Hall–Kier alpha value is -3.59. The zero-order valence-electron chi connectivity index (χ0n) is 20.2. The van der Waals surface area contributed by atoms with E-state index >= 15 is 0 Å². The Balaban J connectivity index is 1.90. The lowest BCUT2D eigenvalue weighted by Crippen LogP contribution is -2.39. The molecule has 1 atom stereocenters. The molecule has 0 saturated heterocycles. The Morgan fingerprint density at radius 3 is 2.44 bits per heavy atom. The summed E-state index contributed by atoms with van der Waals surface area (Å²) in [6.45, 7) is 3.77. The number of hydrogen-bond donors (Lipinski definition) is 0. The first-order chi connectivity index (χ1) is 16.2. The number of carbonyl (C=O) groups is 1. The highest BCUT2D eigenvalue weighted by atomic mass is 32.1. The van der Waals surface area contributed by atoms with Crippen molar-refractivity contribution in [3.05, 3.63) is 78.7 Å². The number of benzene rings is 1. The number of esters is 1. The van der Waals surface area contributed by atoms with E-state index < -0.39 is 12.0 Å². The standard InChI is InChI=1S/C25H28N4O4S/c1-7-32-24(31)21-15(2)26-25-29(22(21)16-8-10-17(11-9-16)27(3)4)23(30)19(34-25)14-18-12-13-20(33-18)28(5)6/h8-14,22H,7H2,1-6H3/b19-14-/t22-/m0/s1. The fourth-order valence-electron chi connectivity index (χ4n) is 3.85. The minimum Gasteiger partial charge on any atom is -0.463 e. The van der Waals surface area contributed by atoms with Gasteiger partial charge in [0, 0.05) is 46.0 Å². The average Bonchev–Trinajstić information content (AvgIpc) is 3.38. The van der Waals surface area contributed by atoms with Crippen molar-refractivity contribution in [1.82, 2.24) is 4.57 Å². The molecule has 3 aromatic rings. The zero-order valence-corrected chi connectivity index (χ0v) is 21.0. The summed E-state index contributed by atoms with van der Waals surface area (Å²) in [5, 5.41) is 0. The Bertz CT molecular complexity index is 1420. The van der Waals surface area contributed by atoms with Crippen molar-refractivity contribution < 1.29 is 13.9 Å². The number of nitrogens with zero attached hydrogens (tertiary/aromatic N) is 4. The molecule has 8 nitrogen and oxygen atoms in total. The van der Waals surface area contributed by atoms with Gasteiger partial charge in [0.1, 0.15) is 5.76 Å². The van der Waals surface area contributed by atoms with Crippen LogP contribution in [0.25, 0.3) is 6.08 Å². The fraction of sp³-hybridized carbons (Fsp3) is 0.320. The summed E-state index contributed by atoms with van der Waals surface area (Å²) in [4.78, 5) is 35.5. The molecule has 178 valence electrons. The molecule has 1 aliphatic rings. The molecule has 0 aliphatic carbocycles. The number of anilines is 2. The van der Waals surface area contributed by atoms with Crippen molar-refractivity contribution in [2.45, 2.75) is 19.9 Å². The van der Waals surface area contributed by atoms with Gasteiger partial charge in [-0.15, -0.1) is 0 Å². The summed E-state index contributed by atoms with van der Waals surface area (Å²) in [6.07, 6.45) is 1.71. The van der Waals surface area contributed by atoms with Crippen LogP contribution in [0.2, 0.25) is 0 Å². The molecule has 0 bridgehead atoms. The molecular weight excluding hydrogens is 452 g/mol. The first kappa shape index (κ1) is 23.6. The predicted molar refractivity (Wildman–Crippen MR) is 134 cm³/mol. The molecule has 0 amide bonds. The SMILES string of the molecule is CCOC(=O)C1=C(C)N=c2s/c(=C\c3ccc(N(C)C)o3)c(=O)n2[C@H]1c1ccc(N(C)C)cc1. The molecule has 0 fully saturated rings. The summed E-state index contributed by atoms with van der Waals surface area (Å²) in [7, 11) is 7.70. The molecule has 2 aromatic heterocycles. The maximum absolute atomic E-state index is 13.6. The van der Waals surface area contributed by atoms with E-state index in [1.807, 2.05) is 74.4 Å². The van der Waals surface area contributed by atoms with E-state index in [4.69, 9.17) is 9.15 Å². The second-order valence-corrected chi connectivity index (χ2v) is 9.37. The maximum atomic E-state index is 13.6. The average molecular weight is 481 g/mol. The quantitative estimate of drug-likeness (QED) is 0.505. The minimum absolute atomic E-state index is 0.234. The van der Waals surface area contributed by atoms with Crippen LogP contribution in [-0.2, 0) is 9.53 Å². The summed E-state index contributed by atoms with van der Waals surface area (Å²) >= 11 is 1.27. The monoisotopic (exact) mass is 480 g/mol. The molecule has 1 aliphatic heterocycles. The van der Waals surface area contributed by atoms with E-state index in [9.17, 15) is 9.59 Å². The molecule has 3 heterocycles. The van der Waals surface area contributed by atoms with E-state index in [0.29, 0.717) is 32.2 Å². The van der Waals surface area contributed by atoms with Crippen molar-refractivity contribution in [2.75, 3.05) is 44.6 Å². The van der Waals surface area contributed by atoms with Gasteiger partial charge >= 0.3 is 5.97 Å². The summed E-state index contributed by atoms with van der Waals surface area (Å²) in [5.41, 5.74) is 2.50. The van der Waals surface area contributed by atoms with Crippen molar-refractivity contribution in [1.29, 1.82) is 0 Å². The van der Waals surface area contributed by atoms with Crippen LogP contribution in [0.5, 0.6) is 0 Å². The van der Waals surface area contributed by atoms with Crippen LogP contribution in [-0.4, -0.2) is 45.3 Å². The van der Waals surface area contributed by atoms with Crippen LogP contribution in [0.4, 0.5) is 11.6 Å². The Morgan fingerprint density at radius 2 is 1.85 bits per heavy atom. The van der Waals surface area contributed by atoms with E-state index in [1.165, 1.54) is 11.3 Å². The predicted octanol–water partition coefficient (Wildman–Crippen LogP) is 2.52. The summed E-state index contributed by atoms with van der Waals surface area (Å²) < 4.78 is 13.2. The van der Waals surface area contributed by atoms with Crippen LogP contribution >= 0.6 is 11.3 Å². The molecule has 9 heteroatoms. The molecule has 0 saturated carbocycles. The molecule has 0 radical (unpaired) electrons. The topological polar surface area (TPSA) is 80.3 Å². The molecular formula is C25H28N4O4S. The van der Waals surface area contributed by atoms with Gasteiger partial charge in [0.05, 0.1) is 28.5 Å². The van der Waals surface area contributed by atoms with E-state index in [1.54, 1.807) is 24.5 Å². The number of thiazole rings is 1. The van der Waals surface area contributed by atoms with E-state index in [2.05, 4.69) is 4.99 Å². The van der Waals surface area contributed by atoms with Crippen molar-refractivity contribution in [3.8, 4) is 0 Å². The van der Waals surface area contributed by atoms with Gasteiger partial charge in [-0.25, -0.2) is 9.79 Å². The Labute approximate surface area is 201 Å².